The van der Waals surface area contributed by atoms with Gasteiger partial charge in [-0.2, -0.15) is 0 Å². The number of carbonyl (C=O) groups is 2. The van der Waals surface area contributed by atoms with Crippen molar-refractivity contribution in [3.8, 4) is 5.88 Å². The zero-order valence-electron chi connectivity index (χ0n) is 13.7. The Morgan fingerprint density at radius 3 is 2.81 bits per heavy atom. The first-order valence-corrected chi connectivity index (χ1v) is 9.15. The predicted octanol–water partition coefficient (Wildman–Crippen LogP) is 2.25. The maximum Gasteiger partial charge on any atom is 0.323 e. The van der Waals surface area contributed by atoms with Crippen LogP contribution >= 0.6 is 23.6 Å². The quantitative estimate of drug-likeness (QED) is 0.523. The van der Waals surface area contributed by atoms with Crippen LogP contribution in [0.25, 0.3) is 22.9 Å². The van der Waals surface area contributed by atoms with E-state index >= 15 is 0 Å². The molecular weight excluding hydrogens is 384 g/mol. The van der Waals surface area contributed by atoms with Gasteiger partial charge in [0.15, 0.2) is 3.95 Å². The molecule has 27 heavy (non-hydrogen) atoms. The topological polar surface area (TPSA) is 91.9 Å². The first kappa shape index (κ1) is 17.3. The van der Waals surface area contributed by atoms with E-state index in [1.807, 2.05) is 36.4 Å². The third-order valence-electron chi connectivity index (χ3n) is 4.18. The zero-order valence-corrected chi connectivity index (χ0v) is 15.4. The van der Waals surface area contributed by atoms with E-state index in [1.54, 1.807) is 6.08 Å². The number of nitrogens with zero attached hydrogens (tertiary/aromatic N) is 2. The normalized spacial score (nSPS) is 14.7. The molecule has 2 N–H and O–H groups in total. The zero-order chi connectivity index (χ0) is 19.1. The Labute approximate surface area is 161 Å². The van der Waals surface area contributed by atoms with Gasteiger partial charge in [0.1, 0.15) is 6.54 Å². The Morgan fingerprint density at radius 1 is 1.26 bits per heavy atom. The molecule has 0 aliphatic carbocycles. The van der Waals surface area contributed by atoms with Crippen LogP contribution in [0.15, 0.2) is 47.0 Å². The van der Waals surface area contributed by atoms with Gasteiger partial charge in [0, 0.05) is 16.2 Å². The maximum atomic E-state index is 12.5. The van der Waals surface area contributed by atoms with Crippen molar-refractivity contribution in [1.29, 1.82) is 0 Å². The summed E-state index contributed by atoms with van der Waals surface area (Å²) >= 11 is 6.14. The lowest BCUT2D eigenvalue weighted by Crippen LogP contribution is -2.31. The molecule has 0 saturated carbocycles. The number of aliphatic carboxylic acids is 1. The lowest BCUT2D eigenvalue weighted by atomic mass is 10.0. The molecular formula is C19H12N2O4S2. The number of aromatic hydroxyl groups is 1. The van der Waals surface area contributed by atoms with E-state index in [1.165, 1.54) is 6.08 Å². The minimum atomic E-state index is -1.12. The summed E-state index contributed by atoms with van der Waals surface area (Å²) in [6.45, 7) is -0.443. The van der Waals surface area contributed by atoms with Crippen LogP contribution < -0.4 is 10.6 Å². The Balaban J connectivity index is 1.86. The number of hydrogen-bond donors (Lipinski definition) is 2. The van der Waals surface area contributed by atoms with Crippen LogP contribution in [0, 0.1) is 3.95 Å². The average Bonchev–Trinajstić information content (AvgIpc) is 2.89. The van der Waals surface area contributed by atoms with Crippen LogP contribution in [0.3, 0.4) is 0 Å². The van der Waals surface area contributed by atoms with E-state index in [0.29, 0.717) is 15.8 Å². The number of benzene rings is 2. The van der Waals surface area contributed by atoms with E-state index in [-0.39, 0.29) is 9.83 Å². The average molecular weight is 396 g/mol. The Kier molecular flexibility index (Phi) is 4.21. The molecule has 1 amide bonds. The number of hydrogen-bond acceptors (Lipinski definition) is 5. The van der Waals surface area contributed by atoms with Gasteiger partial charge in [0.2, 0.25) is 5.88 Å². The summed E-state index contributed by atoms with van der Waals surface area (Å²) in [4.78, 5) is 28.0. The molecule has 0 fully saturated rings. The molecule has 0 saturated heterocycles. The number of carbonyl (C=O) groups excluding carboxylic acids is 1. The van der Waals surface area contributed by atoms with Crippen LogP contribution in [-0.4, -0.2) is 26.7 Å². The van der Waals surface area contributed by atoms with E-state index in [0.717, 1.165) is 31.9 Å². The number of fused-ring (bicyclic) bond motifs is 3. The van der Waals surface area contributed by atoms with Crippen molar-refractivity contribution in [3.63, 3.8) is 0 Å². The summed E-state index contributed by atoms with van der Waals surface area (Å²) < 4.78 is 1.33. The summed E-state index contributed by atoms with van der Waals surface area (Å²) in [5.74, 6) is -1.82. The standard InChI is InChI=1S/C19H12N2O4S2/c22-15(23)9-21-18(25)14(27-19(21)26)8-12-7-11-6-5-10-3-1-2-4-13(10)16(11)20-17(12)24/h1-8,25H,9H2,(H,22,23)/b12-8-. The molecule has 8 heteroatoms. The van der Waals surface area contributed by atoms with Gasteiger partial charge in [0.05, 0.1) is 10.2 Å². The fraction of sp³-hybridized carbons (Fsp3) is 0.0526. The summed E-state index contributed by atoms with van der Waals surface area (Å²) in [5.41, 5.74) is 0.298. The summed E-state index contributed by atoms with van der Waals surface area (Å²) in [7, 11) is 0. The summed E-state index contributed by atoms with van der Waals surface area (Å²) in [5, 5.41) is 22.5. The van der Waals surface area contributed by atoms with Gasteiger partial charge in [-0.3, -0.25) is 14.2 Å². The van der Waals surface area contributed by atoms with Crippen LogP contribution in [-0.2, 0) is 16.1 Å². The van der Waals surface area contributed by atoms with Gasteiger partial charge in [-0.25, -0.2) is 4.99 Å². The molecule has 1 aliphatic heterocycles. The lowest BCUT2D eigenvalue weighted by Gasteiger charge is -2.06. The Morgan fingerprint density at radius 2 is 2.04 bits per heavy atom. The molecule has 2 heterocycles. The number of rotatable bonds is 3. The second-order valence-electron chi connectivity index (χ2n) is 5.92. The first-order valence-electron chi connectivity index (χ1n) is 7.92. The molecule has 1 aliphatic rings. The number of amides is 1. The van der Waals surface area contributed by atoms with Crippen LogP contribution in [0.1, 0.15) is 4.88 Å². The van der Waals surface area contributed by atoms with Crippen molar-refractivity contribution in [2.45, 2.75) is 6.54 Å². The van der Waals surface area contributed by atoms with Crippen LogP contribution in [0.5, 0.6) is 5.88 Å². The van der Waals surface area contributed by atoms with Gasteiger partial charge in [-0.05, 0) is 29.8 Å². The molecule has 2 aromatic carbocycles. The van der Waals surface area contributed by atoms with Crippen molar-refractivity contribution in [1.82, 2.24) is 4.57 Å². The fourth-order valence-corrected chi connectivity index (χ4v) is 4.19. The minimum Gasteiger partial charge on any atom is -0.493 e. The molecule has 6 nitrogen and oxygen atoms in total. The fourth-order valence-electron chi connectivity index (χ4n) is 2.94. The van der Waals surface area contributed by atoms with Gasteiger partial charge >= 0.3 is 5.97 Å². The Bertz CT molecular complexity index is 1330. The molecule has 0 atom stereocenters. The van der Waals surface area contributed by atoms with Gasteiger partial charge in [-0.1, -0.05) is 36.4 Å². The third kappa shape index (κ3) is 3.09. The highest BCUT2D eigenvalue weighted by Crippen LogP contribution is 2.29. The second-order valence-corrected chi connectivity index (χ2v) is 7.60. The predicted molar refractivity (Wildman–Crippen MR) is 105 cm³/mol. The lowest BCUT2D eigenvalue weighted by molar-refractivity contribution is -0.137. The van der Waals surface area contributed by atoms with Crippen molar-refractivity contribution in [2.75, 3.05) is 0 Å². The molecule has 134 valence electrons. The molecule has 1 aromatic heterocycles. The van der Waals surface area contributed by atoms with E-state index < -0.39 is 18.4 Å². The highest BCUT2D eigenvalue weighted by atomic mass is 32.1. The summed E-state index contributed by atoms with van der Waals surface area (Å²) in [6.07, 6.45) is 3.19. The maximum absolute atomic E-state index is 12.5. The minimum absolute atomic E-state index is 0.216. The number of carboxylic acid groups (broad SMARTS) is 1. The smallest absolute Gasteiger partial charge is 0.323 e. The number of thiazole rings is 1. The van der Waals surface area contributed by atoms with E-state index in [9.17, 15) is 14.7 Å². The second kappa shape index (κ2) is 6.57. The highest BCUT2D eigenvalue weighted by molar-refractivity contribution is 7.73. The molecule has 0 bridgehead atoms. The van der Waals surface area contributed by atoms with E-state index in [4.69, 9.17) is 17.3 Å². The van der Waals surface area contributed by atoms with Gasteiger partial charge < -0.3 is 10.2 Å². The molecule has 0 unspecified atom stereocenters. The first-order chi connectivity index (χ1) is 12.9. The van der Waals surface area contributed by atoms with Crippen molar-refractivity contribution in [3.05, 3.63) is 61.4 Å². The van der Waals surface area contributed by atoms with E-state index in [2.05, 4.69) is 4.99 Å². The Hall–Kier alpha value is -3.10. The van der Waals surface area contributed by atoms with Gasteiger partial charge in [-0.15, -0.1) is 11.3 Å². The van der Waals surface area contributed by atoms with Crippen molar-refractivity contribution < 1.29 is 19.8 Å². The number of aromatic nitrogens is 1. The molecule has 0 radical (unpaired) electrons. The van der Waals surface area contributed by atoms with Crippen LogP contribution in [0.2, 0.25) is 0 Å². The molecule has 4 rings (SSSR count). The van der Waals surface area contributed by atoms with Crippen molar-refractivity contribution >= 4 is 58.4 Å². The molecule has 3 aromatic rings. The van der Waals surface area contributed by atoms with Crippen LogP contribution in [0.4, 0.5) is 0 Å². The summed E-state index contributed by atoms with van der Waals surface area (Å²) in [6, 6.07) is 11.5. The van der Waals surface area contributed by atoms with Gasteiger partial charge in [0.25, 0.3) is 5.91 Å². The monoisotopic (exact) mass is 396 g/mol. The molecule has 0 spiro atoms. The highest BCUT2D eigenvalue weighted by Gasteiger charge is 2.17. The third-order valence-corrected chi connectivity index (χ3v) is 5.56. The number of carboxylic acids is 1. The van der Waals surface area contributed by atoms with Crippen molar-refractivity contribution in [2.24, 2.45) is 4.99 Å². The SMILES string of the molecule is O=C(O)Cn1c(O)c(/C=C2/C=c3ccc4ccccc4c3=NC2=O)sc1=S. The largest absolute Gasteiger partial charge is 0.493 e.